The molecule has 0 amide bonds. The summed E-state index contributed by atoms with van der Waals surface area (Å²) in [5.41, 5.74) is 5.28. The van der Waals surface area contributed by atoms with Gasteiger partial charge in [-0.25, -0.2) is 4.39 Å². The van der Waals surface area contributed by atoms with Gasteiger partial charge in [0, 0.05) is 17.1 Å². The third-order valence-electron chi connectivity index (χ3n) is 4.38. The highest BCUT2D eigenvalue weighted by Gasteiger charge is 2.11. The Morgan fingerprint density at radius 3 is 2.31 bits per heavy atom. The number of methoxy groups -OCH3 is 1. The van der Waals surface area contributed by atoms with E-state index in [-0.39, 0.29) is 5.82 Å². The molecule has 3 aromatic rings. The second kappa shape index (κ2) is 7.28. The smallest absolute Gasteiger partial charge is 0.123 e. The molecule has 1 aromatic heterocycles. The third-order valence-corrected chi connectivity index (χ3v) is 4.38. The van der Waals surface area contributed by atoms with Crippen molar-refractivity contribution in [2.45, 2.75) is 13.8 Å². The van der Waals surface area contributed by atoms with E-state index < -0.39 is 0 Å². The summed E-state index contributed by atoms with van der Waals surface area (Å²) in [6.45, 7) is 4.04. The largest absolute Gasteiger partial charge is 0.497 e. The first-order valence-corrected chi connectivity index (χ1v) is 8.24. The quantitative estimate of drug-likeness (QED) is 0.601. The number of nitriles is 1. The van der Waals surface area contributed by atoms with Crippen molar-refractivity contribution in [2.75, 3.05) is 7.11 Å². The van der Waals surface area contributed by atoms with Gasteiger partial charge in [0.2, 0.25) is 0 Å². The van der Waals surface area contributed by atoms with Crippen molar-refractivity contribution in [3.05, 3.63) is 82.9 Å². The second-order valence-corrected chi connectivity index (χ2v) is 6.04. The van der Waals surface area contributed by atoms with Gasteiger partial charge in [-0.1, -0.05) is 12.1 Å². The summed E-state index contributed by atoms with van der Waals surface area (Å²) < 4.78 is 20.5. The minimum atomic E-state index is -0.316. The number of allylic oxidation sites excluding steroid dienone is 1. The van der Waals surface area contributed by atoms with Gasteiger partial charge >= 0.3 is 0 Å². The van der Waals surface area contributed by atoms with Crippen LogP contribution in [0.3, 0.4) is 0 Å². The molecule has 0 aliphatic carbocycles. The number of ether oxygens (including phenoxy) is 1. The molecule has 130 valence electrons. The van der Waals surface area contributed by atoms with Crippen LogP contribution in [-0.4, -0.2) is 11.7 Å². The number of hydrogen-bond acceptors (Lipinski definition) is 2. The van der Waals surface area contributed by atoms with Crippen LogP contribution in [0.25, 0.3) is 17.3 Å². The van der Waals surface area contributed by atoms with E-state index in [9.17, 15) is 9.65 Å². The first-order valence-electron chi connectivity index (χ1n) is 8.24. The molecule has 0 aliphatic heterocycles. The van der Waals surface area contributed by atoms with E-state index >= 15 is 0 Å². The van der Waals surface area contributed by atoms with Gasteiger partial charge < -0.3 is 9.30 Å². The van der Waals surface area contributed by atoms with Gasteiger partial charge in [-0.05, 0) is 73.5 Å². The lowest BCUT2D eigenvalue weighted by Gasteiger charge is -2.10. The van der Waals surface area contributed by atoms with Crippen LogP contribution in [0.5, 0.6) is 5.75 Å². The molecule has 26 heavy (non-hydrogen) atoms. The molecule has 0 saturated heterocycles. The molecule has 1 heterocycles. The molecule has 4 heteroatoms. The molecule has 0 spiro atoms. The Balaban J connectivity index is 2.03. The summed E-state index contributed by atoms with van der Waals surface area (Å²) in [6, 6.07) is 18.0. The Hall–Kier alpha value is -3.32. The van der Waals surface area contributed by atoms with E-state index in [4.69, 9.17) is 4.74 Å². The predicted octanol–water partition coefficient (Wildman–Crippen LogP) is 5.31. The van der Waals surface area contributed by atoms with E-state index in [1.165, 1.54) is 12.1 Å². The van der Waals surface area contributed by atoms with Gasteiger partial charge in [-0.15, -0.1) is 0 Å². The normalized spacial score (nSPS) is 11.3. The van der Waals surface area contributed by atoms with Crippen LogP contribution in [0.4, 0.5) is 4.39 Å². The molecule has 0 unspecified atom stereocenters. The number of aryl methyl sites for hydroxylation is 1. The van der Waals surface area contributed by atoms with Crippen molar-refractivity contribution < 1.29 is 9.13 Å². The molecule has 0 atom stereocenters. The zero-order valence-corrected chi connectivity index (χ0v) is 15.0. The van der Waals surface area contributed by atoms with Gasteiger partial charge in [0.1, 0.15) is 11.6 Å². The van der Waals surface area contributed by atoms with E-state index in [1.807, 2.05) is 50.3 Å². The first-order chi connectivity index (χ1) is 12.5. The van der Waals surface area contributed by atoms with Crippen LogP contribution in [-0.2, 0) is 0 Å². The zero-order chi connectivity index (χ0) is 18.7. The second-order valence-electron chi connectivity index (χ2n) is 6.04. The predicted molar refractivity (Wildman–Crippen MR) is 102 cm³/mol. The lowest BCUT2D eigenvalue weighted by molar-refractivity contribution is 0.414. The summed E-state index contributed by atoms with van der Waals surface area (Å²) in [7, 11) is 1.64. The van der Waals surface area contributed by atoms with Crippen molar-refractivity contribution in [3.8, 4) is 17.5 Å². The van der Waals surface area contributed by atoms with E-state index in [0.29, 0.717) is 11.1 Å². The van der Waals surface area contributed by atoms with Crippen LogP contribution in [0.15, 0.2) is 54.6 Å². The monoisotopic (exact) mass is 346 g/mol. The molecule has 0 bridgehead atoms. The molecule has 0 radical (unpaired) electrons. The number of nitrogens with zero attached hydrogens (tertiary/aromatic N) is 2. The maximum Gasteiger partial charge on any atom is 0.123 e. The standard InChI is InChI=1S/C22H19FN2O/c1-15-12-18(13-19(14-24)17-4-6-20(23)7-5-17)16(2)25(15)21-8-10-22(26-3)11-9-21/h4-13H,1-3H3/b19-13-. The Bertz CT molecular complexity index is 990. The fourth-order valence-electron chi connectivity index (χ4n) is 3.03. The van der Waals surface area contributed by atoms with E-state index in [0.717, 1.165) is 28.4 Å². The molecule has 0 fully saturated rings. The number of halogens is 1. The van der Waals surface area contributed by atoms with Gasteiger partial charge in [0.25, 0.3) is 0 Å². The van der Waals surface area contributed by atoms with Crippen LogP contribution in [0.2, 0.25) is 0 Å². The number of benzene rings is 2. The Kier molecular flexibility index (Phi) is 4.90. The number of hydrogen-bond donors (Lipinski definition) is 0. The lowest BCUT2D eigenvalue weighted by Crippen LogP contribution is -1.99. The summed E-state index contributed by atoms with van der Waals surface area (Å²) in [6.07, 6.45) is 1.84. The highest BCUT2D eigenvalue weighted by atomic mass is 19.1. The maximum absolute atomic E-state index is 13.1. The Labute approximate surface area is 152 Å². The maximum atomic E-state index is 13.1. The van der Waals surface area contributed by atoms with Gasteiger partial charge in [-0.2, -0.15) is 5.26 Å². The van der Waals surface area contributed by atoms with Crippen molar-refractivity contribution >= 4 is 11.6 Å². The van der Waals surface area contributed by atoms with Gasteiger partial charge in [0.15, 0.2) is 0 Å². The van der Waals surface area contributed by atoms with Crippen LogP contribution >= 0.6 is 0 Å². The topological polar surface area (TPSA) is 38.0 Å². The molecule has 0 N–H and O–H groups in total. The third kappa shape index (κ3) is 3.38. The minimum Gasteiger partial charge on any atom is -0.497 e. The van der Waals surface area contributed by atoms with Gasteiger partial charge in [-0.3, -0.25) is 0 Å². The molecule has 0 aliphatic rings. The average molecular weight is 346 g/mol. The SMILES string of the molecule is COc1ccc(-n2c(C)cc(/C=C(/C#N)c3ccc(F)cc3)c2C)cc1. The minimum absolute atomic E-state index is 0.316. The van der Waals surface area contributed by atoms with E-state index in [2.05, 4.69) is 10.6 Å². The molecule has 3 rings (SSSR count). The average Bonchev–Trinajstić information content (AvgIpc) is 2.94. The fraction of sp³-hybridized carbons (Fsp3) is 0.136. The summed E-state index contributed by atoms with van der Waals surface area (Å²) in [4.78, 5) is 0. The summed E-state index contributed by atoms with van der Waals surface area (Å²) in [5, 5.41) is 9.52. The highest BCUT2D eigenvalue weighted by molar-refractivity contribution is 5.90. The number of rotatable bonds is 4. The van der Waals surface area contributed by atoms with Crippen molar-refractivity contribution in [2.24, 2.45) is 0 Å². The molecular formula is C22H19FN2O. The first kappa shape index (κ1) is 17.5. The van der Waals surface area contributed by atoms with Crippen LogP contribution < -0.4 is 4.74 Å². The molecule has 3 nitrogen and oxygen atoms in total. The fourth-order valence-corrected chi connectivity index (χ4v) is 3.03. The molecule has 0 saturated carbocycles. The zero-order valence-electron chi connectivity index (χ0n) is 15.0. The van der Waals surface area contributed by atoms with Crippen molar-refractivity contribution in [1.82, 2.24) is 4.57 Å². The summed E-state index contributed by atoms with van der Waals surface area (Å²) in [5.74, 6) is 0.489. The van der Waals surface area contributed by atoms with Crippen molar-refractivity contribution in [3.63, 3.8) is 0 Å². The van der Waals surface area contributed by atoms with Gasteiger partial charge in [0.05, 0.1) is 18.8 Å². The summed E-state index contributed by atoms with van der Waals surface area (Å²) >= 11 is 0. The molecule has 2 aromatic carbocycles. The van der Waals surface area contributed by atoms with E-state index in [1.54, 1.807) is 19.2 Å². The molecular weight excluding hydrogens is 327 g/mol. The van der Waals surface area contributed by atoms with Crippen LogP contribution in [0.1, 0.15) is 22.5 Å². The highest BCUT2D eigenvalue weighted by Crippen LogP contribution is 2.26. The van der Waals surface area contributed by atoms with Crippen molar-refractivity contribution in [1.29, 1.82) is 5.26 Å². The Morgan fingerprint density at radius 1 is 1.08 bits per heavy atom. The lowest BCUT2D eigenvalue weighted by atomic mass is 10.0. The van der Waals surface area contributed by atoms with Crippen LogP contribution in [0, 0.1) is 31.0 Å². The Morgan fingerprint density at radius 2 is 1.73 bits per heavy atom. The number of aromatic nitrogens is 1.